The second-order valence-corrected chi connectivity index (χ2v) is 4.58. The summed E-state index contributed by atoms with van der Waals surface area (Å²) in [5.41, 5.74) is 1.80. The number of β-amino-alcohol motifs (C(OH)–C–C–N with tert-alkyl or cyclic N) is 1. The van der Waals surface area contributed by atoms with Crippen molar-refractivity contribution in [1.29, 1.82) is 0 Å². The molecule has 0 radical (unpaired) electrons. The minimum Gasteiger partial charge on any atom is -0.390 e. The van der Waals surface area contributed by atoms with Crippen LogP contribution in [-0.4, -0.2) is 48.2 Å². The van der Waals surface area contributed by atoms with E-state index in [1.807, 2.05) is 31.2 Å². The maximum absolute atomic E-state index is 12.2. The first kappa shape index (κ1) is 12.1. The number of likely N-dealkylation sites (N-methyl/N-ethyl adjacent to an activating group) is 1. The number of hydrogen-bond donors (Lipinski definition) is 2. The fourth-order valence-corrected chi connectivity index (χ4v) is 2.10. The molecule has 1 saturated heterocycles. The van der Waals surface area contributed by atoms with E-state index in [2.05, 4.69) is 5.32 Å². The molecule has 1 aliphatic rings. The number of amides is 1. The molecule has 4 heteroatoms. The summed E-state index contributed by atoms with van der Waals surface area (Å²) in [5.74, 6) is -0.0437. The van der Waals surface area contributed by atoms with Gasteiger partial charge < -0.3 is 15.3 Å². The highest BCUT2D eigenvalue weighted by Gasteiger charge is 2.31. The molecular weight excluding hydrogens is 216 g/mol. The van der Waals surface area contributed by atoms with Crippen LogP contribution in [0, 0.1) is 6.92 Å². The lowest BCUT2D eigenvalue weighted by Crippen LogP contribution is -2.44. The first-order valence-electron chi connectivity index (χ1n) is 5.82. The number of carbonyl (C=O) groups is 1. The molecule has 0 unspecified atom stereocenters. The minimum absolute atomic E-state index is 0.0437. The molecule has 1 aromatic rings. The van der Waals surface area contributed by atoms with Gasteiger partial charge in [0.05, 0.1) is 12.1 Å². The quantitative estimate of drug-likeness (QED) is 0.779. The van der Waals surface area contributed by atoms with E-state index in [1.54, 1.807) is 11.9 Å². The Morgan fingerprint density at radius 3 is 2.53 bits per heavy atom. The summed E-state index contributed by atoms with van der Waals surface area (Å²) in [6, 6.07) is 7.35. The normalized spacial score (nSPS) is 23.7. The third kappa shape index (κ3) is 2.48. The lowest BCUT2D eigenvalue weighted by atomic mass is 10.1. The predicted octanol–water partition coefficient (Wildman–Crippen LogP) is 0.400. The minimum atomic E-state index is -0.477. The molecule has 0 aliphatic carbocycles. The fraction of sp³-hybridized carbons (Fsp3) is 0.462. The summed E-state index contributed by atoms with van der Waals surface area (Å²) < 4.78 is 0. The number of aliphatic hydroxyl groups excluding tert-OH is 1. The maximum atomic E-state index is 12.2. The lowest BCUT2D eigenvalue weighted by molar-refractivity contribution is 0.0581. The van der Waals surface area contributed by atoms with Crippen molar-refractivity contribution in [3.8, 4) is 0 Å². The molecule has 1 fully saturated rings. The van der Waals surface area contributed by atoms with E-state index in [1.165, 1.54) is 0 Å². The molecule has 4 nitrogen and oxygen atoms in total. The molecule has 2 rings (SSSR count). The van der Waals surface area contributed by atoms with Crippen LogP contribution in [0.1, 0.15) is 15.9 Å². The van der Waals surface area contributed by atoms with Crippen LogP contribution < -0.4 is 5.32 Å². The SMILES string of the molecule is Cc1ccc(C(=O)N(C)[C@@H]2CNC[C@H]2O)cc1. The first-order valence-corrected chi connectivity index (χ1v) is 5.82. The van der Waals surface area contributed by atoms with Crippen molar-refractivity contribution in [2.75, 3.05) is 20.1 Å². The van der Waals surface area contributed by atoms with E-state index in [4.69, 9.17) is 0 Å². The molecule has 2 atom stereocenters. The third-order valence-electron chi connectivity index (χ3n) is 3.27. The maximum Gasteiger partial charge on any atom is 0.253 e. The van der Waals surface area contributed by atoms with Gasteiger partial charge >= 0.3 is 0 Å². The van der Waals surface area contributed by atoms with Gasteiger partial charge in [-0.2, -0.15) is 0 Å². The topological polar surface area (TPSA) is 52.6 Å². The Morgan fingerprint density at radius 1 is 1.35 bits per heavy atom. The number of aliphatic hydroxyl groups is 1. The van der Waals surface area contributed by atoms with Crippen LogP contribution in [0.25, 0.3) is 0 Å². The van der Waals surface area contributed by atoms with Gasteiger partial charge in [-0.1, -0.05) is 17.7 Å². The number of nitrogens with one attached hydrogen (secondary N) is 1. The molecule has 0 saturated carbocycles. The Balaban J connectivity index is 2.11. The summed E-state index contributed by atoms with van der Waals surface area (Å²) in [4.78, 5) is 13.8. The number of rotatable bonds is 2. The van der Waals surface area contributed by atoms with Gasteiger partial charge in [-0.25, -0.2) is 0 Å². The number of benzene rings is 1. The third-order valence-corrected chi connectivity index (χ3v) is 3.27. The number of aryl methyl sites for hydroxylation is 1. The van der Waals surface area contributed by atoms with Gasteiger partial charge in [-0.05, 0) is 19.1 Å². The zero-order valence-electron chi connectivity index (χ0n) is 10.2. The van der Waals surface area contributed by atoms with Gasteiger partial charge in [-0.3, -0.25) is 4.79 Å². The molecule has 92 valence electrons. The zero-order chi connectivity index (χ0) is 12.4. The number of hydrogen-bond acceptors (Lipinski definition) is 3. The van der Waals surface area contributed by atoms with E-state index in [-0.39, 0.29) is 11.9 Å². The molecule has 0 aromatic heterocycles. The Labute approximate surface area is 101 Å². The summed E-state index contributed by atoms with van der Waals surface area (Å²) in [7, 11) is 1.74. The van der Waals surface area contributed by atoms with Crippen LogP contribution >= 0.6 is 0 Å². The smallest absolute Gasteiger partial charge is 0.253 e. The predicted molar refractivity (Wildman–Crippen MR) is 65.9 cm³/mol. The van der Waals surface area contributed by atoms with E-state index in [0.29, 0.717) is 18.7 Å². The van der Waals surface area contributed by atoms with Crippen molar-refractivity contribution in [2.24, 2.45) is 0 Å². The Morgan fingerprint density at radius 2 is 2.00 bits per heavy atom. The van der Waals surface area contributed by atoms with Crippen LogP contribution in [0.15, 0.2) is 24.3 Å². The molecule has 1 aliphatic heterocycles. The van der Waals surface area contributed by atoms with E-state index in [9.17, 15) is 9.90 Å². The summed E-state index contributed by atoms with van der Waals surface area (Å²) in [6.07, 6.45) is -0.477. The van der Waals surface area contributed by atoms with Crippen LogP contribution in [0.2, 0.25) is 0 Å². The van der Waals surface area contributed by atoms with Crippen LogP contribution in [0.3, 0.4) is 0 Å². The van der Waals surface area contributed by atoms with Gasteiger partial charge in [0.2, 0.25) is 0 Å². The first-order chi connectivity index (χ1) is 8.09. The molecular formula is C13H18N2O2. The van der Waals surface area contributed by atoms with Crippen molar-refractivity contribution in [2.45, 2.75) is 19.1 Å². The molecule has 0 spiro atoms. The Kier molecular flexibility index (Phi) is 3.45. The Hall–Kier alpha value is -1.39. The van der Waals surface area contributed by atoms with Crippen molar-refractivity contribution < 1.29 is 9.90 Å². The average Bonchev–Trinajstić information content (AvgIpc) is 2.74. The highest BCUT2D eigenvalue weighted by atomic mass is 16.3. The van der Waals surface area contributed by atoms with E-state index in [0.717, 1.165) is 5.56 Å². The van der Waals surface area contributed by atoms with Crippen LogP contribution in [-0.2, 0) is 0 Å². The highest BCUT2D eigenvalue weighted by Crippen LogP contribution is 2.12. The summed E-state index contributed by atoms with van der Waals surface area (Å²) in [6.45, 7) is 3.19. The molecule has 17 heavy (non-hydrogen) atoms. The molecule has 0 bridgehead atoms. The van der Waals surface area contributed by atoms with Crippen molar-refractivity contribution in [3.63, 3.8) is 0 Å². The summed E-state index contributed by atoms with van der Waals surface area (Å²) in [5, 5.41) is 12.8. The molecule has 1 aromatic carbocycles. The molecule has 1 amide bonds. The number of nitrogens with zero attached hydrogens (tertiary/aromatic N) is 1. The average molecular weight is 234 g/mol. The highest BCUT2D eigenvalue weighted by molar-refractivity contribution is 5.94. The Bertz CT molecular complexity index is 402. The molecule has 1 heterocycles. The van der Waals surface area contributed by atoms with Crippen LogP contribution in [0.5, 0.6) is 0 Å². The van der Waals surface area contributed by atoms with Gasteiger partial charge in [0.1, 0.15) is 0 Å². The van der Waals surface area contributed by atoms with Crippen molar-refractivity contribution >= 4 is 5.91 Å². The van der Waals surface area contributed by atoms with Crippen LogP contribution in [0.4, 0.5) is 0 Å². The van der Waals surface area contributed by atoms with E-state index < -0.39 is 6.10 Å². The second-order valence-electron chi connectivity index (χ2n) is 4.58. The largest absolute Gasteiger partial charge is 0.390 e. The van der Waals surface area contributed by atoms with Gasteiger partial charge in [-0.15, -0.1) is 0 Å². The standard InChI is InChI=1S/C13H18N2O2/c1-9-3-5-10(6-4-9)13(17)15(2)11-7-14-8-12(11)16/h3-6,11-12,14,16H,7-8H2,1-2H3/t11-,12-/m1/s1. The fourth-order valence-electron chi connectivity index (χ4n) is 2.10. The van der Waals surface area contributed by atoms with Crippen molar-refractivity contribution in [1.82, 2.24) is 10.2 Å². The molecule has 2 N–H and O–H groups in total. The van der Waals surface area contributed by atoms with Gasteiger partial charge in [0.15, 0.2) is 0 Å². The second kappa shape index (κ2) is 4.85. The monoisotopic (exact) mass is 234 g/mol. The number of carbonyl (C=O) groups excluding carboxylic acids is 1. The zero-order valence-corrected chi connectivity index (χ0v) is 10.2. The van der Waals surface area contributed by atoms with Gasteiger partial charge in [0.25, 0.3) is 5.91 Å². The van der Waals surface area contributed by atoms with Crippen molar-refractivity contribution in [3.05, 3.63) is 35.4 Å². The van der Waals surface area contributed by atoms with Gasteiger partial charge in [0, 0.05) is 25.7 Å². The van der Waals surface area contributed by atoms with E-state index >= 15 is 0 Å². The lowest BCUT2D eigenvalue weighted by Gasteiger charge is -2.26. The summed E-state index contributed by atoms with van der Waals surface area (Å²) >= 11 is 0.